The Bertz CT molecular complexity index is 804. The summed E-state index contributed by atoms with van der Waals surface area (Å²) in [5.74, 6) is 2.08. The number of piperidine rings is 1. The highest BCUT2D eigenvalue weighted by Gasteiger charge is 2.23. The molecule has 0 spiro atoms. The summed E-state index contributed by atoms with van der Waals surface area (Å²) < 4.78 is 10.7. The number of fused-ring (bicyclic) bond motifs is 2. The largest absolute Gasteiger partial charge is 0.465 e. The van der Waals surface area contributed by atoms with Gasteiger partial charge < -0.3 is 30.5 Å². The average molecular weight is 331 g/mol. The number of nitrogens with one attached hydrogen (secondary N) is 1. The van der Waals surface area contributed by atoms with E-state index in [9.17, 15) is 4.79 Å². The lowest BCUT2D eigenvalue weighted by Crippen LogP contribution is -2.41. The molecule has 2 aliphatic rings. The zero-order chi connectivity index (χ0) is 16.7. The number of amides is 1. The van der Waals surface area contributed by atoms with Crippen LogP contribution >= 0.6 is 0 Å². The SMILES string of the molecule is Nc1nc(NC2CCN(C(=O)O)CC2)nc2cc3c(cc12)OCO3. The Kier molecular flexibility index (Phi) is 3.40. The molecule has 0 unspecified atom stereocenters. The lowest BCUT2D eigenvalue weighted by molar-refractivity contribution is 0.133. The number of likely N-dealkylation sites (tertiary alicyclic amines) is 1. The molecule has 0 aliphatic carbocycles. The van der Waals surface area contributed by atoms with Gasteiger partial charge >= 0.3 is 6.09 Å². The molecule has 0 bridgehead atoms. The zero-order valence-corrected chi connectivity index (χ0v) is 12.9. The molecule has 4 rings (SSSR count). The molecular weight excluding hydrogens is 314 g/mol. The Morgan fingerprint density at radius 1 is 1.25 bits per heavy atom. The maximum atomic E-state index is 10.9. The molecule has 0 atom stereocenters. The maximum absolute atomic E-state index is 10.9. The molecule has 2 aliphatic heterocycles. The predicted octanol–water partition coefficient (Wildman–Crippen LogP) is 1.49. The van der Waals surface area contributed by atoms with Crippen LogP contribution in [0.2, 0.25) is 0 Å². The summed E-state index contributed by atoms with van der Waals surface area (Å²) in [6.07, 6.45) is 0.527. The Labute approximate surface area is 137 Å². The molecule has 4 N–H and O–H groups in total. The van der Waals surface area contributed by atoms with Gasteiger partial charge in [-0.15, -0.1) is 0 Å². The van der Waals surface area contributed by atoms with Crippen LogP contribution in [0.3, 0.4) is 0 Å². The van der Waals surface area contributed by atoms with Crippen molar-refractivity contribution in [2.75, 3.05) is 30.9 Å². The van der Waals surface area contributed by atoms with Crippen molar-refractivity contribution in [2.45, 2.75) is 18.9 Å². The van der Waals surface area contributed by atoms with Gasteiger partial charge in [0.15, 0.2) is 11.5 Å². The van der Waals surface area contributed by atoms with Crippen molar-refractivity contribution in [1.82, 2.24) is 14.9 Å². The van der Waals surface area contributed by atoms with E-state index in [1.54, 1.807) is 12.1 Å². The minimum absolute atomic E-state index is 0.117. The topological polar surface area (TPSA) is 123 Å². The monoisotopic (exact) mass is 331 g/mol. The van der Waals surface area contributed by atoms with Crippen molar-refractivity contribution in [3.8, 4) is 11.5 Å². The number of hydrogen-bond donors (Lipinski definition) is 3. The number of anilines is 2. The molecule has 1 aromatic carbocycles. The fourth-order valence-electron chi connectivity index (χ4n) is 3.00. The number of hydrogen-bond acceptors (Lipinski definition) is 7. The number of nitrogens with two attached hydrogens (primary N) is 1. The number of benzene rings is 1. The van der Waals surface area contributed by atoms with E-state index in [0.717, 1.165) is 0 Å². The Balaban J connectivity index is 1.55. The molecule has 9 heteroatoms. The summed E-state index contributed by atoms with van der Waals surface area (Å²) >= 11 is 0. The number of aromatic nitrogens is 2. The second-order valence-corrected chi connectivity index (χ2v) is 5.84. The van der Waals surface area contributed by atoms with E-state index in [-0.39, 0.29) is 12.8 Å². The van der Waals surface area contributed by atoms with E-state index < -0.39 is 6.09 Å². The third-order valence-electron chi connectivity index (χ3n) is 4.32. The lowest BCUT2D eigenvalue weighted by Gasteiger charge is -2.30. The third-order valence-corrected chi connectivity index (χ3v) is 4.32. The van der Waals surface area contributed by atoms with Gasteiger partial charge in [0.1, 0.15) is 5.82 Å². The van der Waals surface area contributed by atoms with Crippen LogP contribution in [-0.2, 0) is 0 Å². The van der Waals surface area contributed by atoms with Gasteiger partial charge in [0.25, 0.3) is 0 Å². The van der Waals surface area contributed by atoms with Gasteiger partial charge in [-0.25, -0.2) is 9.78 Å². The molecule has 1 aromatic heterocycles. The number of ether oxygens (including phenoxy) is 2. The highest BCUT2D eigenvalue weighted by molar-refractivity contribution is 5.91. The van der Waals surface area contributed by atoms with Crippen LogP contribution in [0.25, 0.3) is 10.9 Å². The van der Waals surface area contributed by atoms with Gasteiger partial charge in [0.05, 0.1) is 5.52 Å². The van der Waals surface area contributed by atoms with Gasteiger partial charge in [0.2, 0.25) is 12.7 Å². The first-order chi connectivity index (χ1) is 11.6. The van der Waals surface area contributed by atoms with Crippen molar-refractivity contribution in [3.63, 3.8) is 0 Å². The second kappa shape index (κ2) is 5.59. The molecule has 126 valence electrons. The first kappa shape index (κ1) is 14.6. The third kappa shape index (κ3) is 2.57. The molecular formula is C15H17N5O4. The van der Waals surface area contributed by atoms with Crippen LogP contribution in [0, 0.1) is 0 Å². The van der Waals surface area contributed by atoms with Crippen LogP contribution in [0.5, 0.6) is 11.5 Å². The van der Waals surface area contributed by atoms with Crippen LogP contribution in [0.15, 0.2) is 12.1 Å². The van der Waals surface area contributed by atoms with Crippen LogP contribution < -0.4 is 20.5 Å². The van der Waals surface area contributed by atoms with Crippen LogP contribution in [-0.4, -0.2) is 52.0 Å². The highest BCUT2D eigenvalue weighted by atomic mass is 16.7. The lowest BCUT2D eigenvalue weighted by atomic mass is 10.1. The van der Waals surface area contributed by atoms with Crippen molar-refractivity contribution in [1.29, 1.82) is 0 Å². The summed E-state index contributed by atoms with van der Waals surface area (Å²) in [5, 5.41) is 12.9. The maximum Gasteiger partial charge on any atom is 0.407 e. The minimum atomic E-state index is -0.879. The number of nitrogen functional groups attached to an aromatic ring is 1. The Hall–Kier alpha value is -2.97. The summed E-state index contributed by atoms with van der Waals surface area (Å²) in [6, 6.07) is 3.68. The molecule has 1 amide bonds. The van der Waals surface area contributed by atoms with Crippen molar-refractivity contribution < 1.29 is 19.4 Å². The molecule has 0 radical (unpaired) electrons. The predicted molar refractivity (Wildman–Crippen MR) is 86.3 cm³/mol. The molecule has 0 saturated carbocycles. The quantitative estimate of drug-likeness (QED) is 0.756. The van der Waals surface area contributed by atoms with Gasteiger partial charge in [-0.3, -0.25) is 0 Å². The Morgan fingerprint density at radius 2 is 1.96 bits per heavy atom. The van der Waals surface area contributed by atoms with Crippen LogP contribution in [0.4, 0.5) is 16.6 Å². The van der Waals surface area contributed by atoms with Crippen LogP contribution in [0.1, 0.15) is 12.8 Å². The van der Waals surface area contributed by atoms with Gasteiger partial charge in [-0.2, -0.15) is 4.98 Å². The number of nitrogens with zero attached hydrogens (tertiary/aromatic N) is 3. The van der Waals surface area contributed by atoms with Gasteiger partial charge in [-0.1, -0.05) is 0 Å². The summed E-state index contributed by atoms with van der Waals surface area (Å²) in [6.45, 7) is 1.18. The van der Waals surface area contributed by atoms with E-state index in [2.05, 4.69) is 15.3 Å². The molecule has 2 aromatic rings. The van der Waals surface area contributed by atoms with Gasteiger partial charge in [0, 0.05) is 30.6 Å². The number of rotatable bonds is 2. The molecule has 3 heterocycles. The molecule has 24 heavy (non-hydrogen) atoms. The van der Waals surface area contributed by atoms with E-state index >= 15 is 0 Å². The summed E-state index contributed by atoms with van der Waals surface area (Å²) in [4.78, 5) is 21.2. The fourth-order valence-corrected chi connectivity index (χ4v) is 3.00. The van der Waals surface area contributed by atoms with E-state index in [0.29, 0.717) is 60.1 Å². The van der Waals surface area contributed by atoms with E-state index in [4.69, 9.17) is 20.3 Å². The van der Waals surface area contributed by atoms with E-state index in [1.807, 2.05) is 0 Å². The van der Waals surface area contributed by atoms with Crippen molar-refractivity contribution >= 4 is 28.8 Å². The Morgan fingerprint density at radius 3 is 2.67 bits per heavy atom. The van der Waals surface area contributed by atoms with E-state index in [1.165, 1.54) is 4.90 Å². The van der Waals surface area contributed by atoms with Crippen molar-refractivity contribution in [2.24, 2.45) is 0 Å². The smallest absolute Gasteiger partial charge is 0.407 e. The zero-order valence-electron chi connectivity index (χ0n) is 12.9. The average Bonchev–Trinajstić information content (AvgIpc) is 3.01. The first-order valence-electron chi connectivity index (χ1n) is 7.71. The number of carbonyl (C=O) groups is 1. The fraction of sp³-hybridized carbons (Fsp3) is 0.400. The summed E-state index contributed by atoms with van der Waals surface area (Å²) in [5.41, 5.74) is 6.72. The molecule has 1 fully saturated rings. The second-order valence-electron chi connectivity index (χ2n) is 5.84. The van der Waals surface area contributed by atoms with Gasteiger partial charge in [-0.05, 0) is 18.9 Å². The highest BCUT2D eigenvalue weighted by Crippen LogP contribution is 2.37. The molecule has 1 saturated heterocycles. The first-order valence-corrected chi connectivity index (χ1v) is 7.71. The normalized spacial score (nSPS) is 17.2. The standard InChI is InChI=1S/C15H17N5O4/c16-13-9-5-11-12(24-7-23-11)6-10(9)18-14(19-13)17-8-1-3-20(4-2-8)15(21)22/h5-6,8H,1-4,7H2,(H,21,22)(H3,16,17,18,19). The minimum Gasteiger partial charge on any atom is -0.465 e. The molecule has 9 nitrogen and oxygen atoms in total. The number of carboxylic acid groups (broad SMARTS) is 1. The van der Waals surface area contributed by atoms with Crippen molar-refractivity contribution in [3.05, 3.63) is 12.1 Å². The summed E-state index contributed by atoms with van der Waals surface area (Å²) in [7, 11) is 0.